The Labute approximate surface area is 105 Å². The van der Waals surface area contributed by atoms with Crippen molar-refractivity contribution in [3.8, 4) is 10.4 Å². The standard InChI is InChI=1S/C12H12N2OS.CH4/c1-14-12-9(11(13)15)7-10(16-12)8-5-3-2-4-6-8;/h2-7,14H,1H3,(H2,13,15);1H4. The van der Waals surface area contributed by atoms with Gasteiger partial charge in [-0.15, -0.1) is 11.3 Å². The molecule has 0 aliphatic heterocycles. The summed E-state index contributed by atoms with van der Waals surface area (Å²) < 4.78 is 0. The minimum absolute atomic E-state index is 0. The van der Waals surface area contributed by atoms with E-state index < -0.39 is 5.91 Å². The van der Waals surface area contributed by atoms with Crippen LogP contribution in [-0.2, 0) is 0 Å². The van der Waals surface area contributed by atoms with Gasteiger partial charge in [-0.1, -0.05) is 37.8 Å². The van der Waals surface area contributed by atoms with Crippen LogP contribution in [0.3, 0.4) is 0 Å². The third-order valence-electron chi connectivity index (χ3n) is 2.28. The summed E-state index contributed by atoms with van der Waals surface area (Å²) in [5, 5.41) is 3.80. The molecule has 0 aliphatic rings. The topological polar surface area (TPSA) is 55.1 Å². The van der Waals surface area contributed by atoms with Crippen molar-refractivity contribution in [2.75, 3.05) is 12.4 Å². The fourth-order valence-electron chi connectivity index (χ4n) is 1.50. The number of nitrogens with two attached hydrogens (primary N) is 1. The Morgan fingerprint density at radius 3 is 2.41 bits per heavy atom. The zero-order valence-corrected chi connectivity index (χ0v) is 9.67. The third-order valence-corrected chi connectivity index (χ3v) is 3.48. The summed E-state index contributed by atoms with van der Waals surface area (Å²) in [5.41, 5.74) is 6.95. The second-order valence-corrected chi connectivity index (χ2v) is 4.39. The van der Waals surface area contributed by atoms with E-state index in [4.69, 9.17) is 5.73 Å². The van der Waals surface area contributed by atoms with Crippen LogP contribution in [0.15, 0.2) is 36.4 Å². The number of primary amides is 1. The molecule has 0 aliphatic carbocycles. The molecule has 2 rings (SSSR count). The molecule has 3 N–H and O–H groups in total. The van der Waals surface area contributed by atoms with Crippen LogP contribution in [0.4, 0.5) is 5.00 Å². The Bertz CT molecular complexity index is 505. The molecule has 1 aromatic heterocycles. The molecule has 2 aromatic rings. The van der Waals surface area contributed by atoms with Gasteiger partial charge in [0, 0.05) is 11.9 Å². The molecule has 1 amide bonds. The van der Waals surface area contributed by atoms with Crippen LogP contribution in [0.25, 0.3) is 10.4 Å². The zero-order chi connectivity index (χ0) is 11.5. The summed E-state index contributed by atoms with van der Waals surface area (Å²) in [6.45, 7) is 0. The SMILES string of the molecule is C.CNc1sc(-c2ccccc2)cc1C(N)=O. The first-order valence-corrected chi connectivity index (χ1v) is 5.71. The van der Waals surface area contributed by atoms with Gasteiger partial charge in [-0.2, -0.15) is 0 Å². The molecule has 0 saturated heterocycles. The van der Waals surface area contributed by atoms with Crippen LogP contribution in [0, 0.1) is 0 Å². The summed E-state index contributed by atoms with van der Waals surface area (Å²) >= 11 is 1.53. The van der Waals surface area contributed by atoms with E-state index >= 15 is 0 Å². The fraction of sp³-hybridized carbons (Fsp3) is 0.154. The van der Waals surface area contributed by atoms with E-state index in [1.807, 2.05) is 36.4 Å². The Balaban J connectivity index is 0.00000144. The molecule has 90 valence electrons. The number of rotatable bonds is 3. The predicted molar refractivity (Wildman–Crippen MR) is 74.6 cm³/mol. The molecule has 0 spiro atoms. The quantitative estimate of drug-likeness (QED) is 0.876. The molecular weight excluding hydrogens is 232 g/mol. The van der Waals surface area contributed by atoms with Crippen molar-refractivity contribution < 1.29 is 4.79 Å². The van der Waals surface area contributed by atoms with Gasteiger partial charge in [-0.05, 0) is 11.6 Å². The highest BCUT2D eigenvalue weighted by Gasteiger charge is 2.13. The first-order valence-electron chi connectivity index (χ1n) is 4.89. The van der Waals surface area contributed by atoms with Crippen LogP contribution in [-0.4, -0.2) is 13.0 Å². The first kappa shape index (κ1) is 13.3. The summed E-state index contributed by atoms with van der Waals surface area (Å²) in [7, 11) is 1.78. The second-order valence-electron chi connectivity index (χ2n) is 3.33. The Kier molecular flexibility index (Phi) is 4.29. The molecule has 1 heterocycles. The molecule has 0 radical (unpaired) electrons. The normalized spacial score (nSPS) is 9.47. The van der Waals surface area contributed by atoms with E-state index in [1.54, 1.807) is 7.05 Å². The summed E-state index contributed by atoms with van der Waals surface area (Å²) in [6.07, 6.45) is 0. The van der Waals surface area contributed by atoms with Gasteiger partial charge in [0.1, 0.15) is 5.00 Å². The number of nitrogens with one attached hydrogen (secondary N) is 1. The number of benzene rings is 1. The van der Waals surface area contributed by atoms with Crippen molar-refractivity contribution in [1.29, 1.82) is 0 Å². The average molecular weight is 248 g/mol. The number of carbonyl (C=O) groups excluding carboxylic acids is 1. The predicted octanol–water partition coefficient (Wildman–Crippen LogP) is 3.19. The van der Waals surface area contributed by atoms with Gasteiger partial charge in [0.15, 0.2) is 0 Å². The number of thiophene rings is 1. The minimum Gasteiger partial charge on any atom is -0.379 e. The van der Waals surface area contributed by atoms with Crippen LogP contribution in [0.1, 0.15) is 17.8 Å². The maximum absolute atomic E-state index is 11.2. The maximum atomic E-state index is 11.2. The van der Waals surface area contributed by atoms with Gasteiger partial charge in [0.25, 0.3) is 5.91 Å². The second kappa shape index (κ2) is 5.50. The molecule has 0 atom stereocenters. The van der Waals surface area contributed by atoms with E-state index in [0.29, 0.717) is 5.56 Å². The highest BCUT2D eigenvalue weighted by atomic mass is 32.1. The summed E-state index contributed by atoms with van der Waals surface area (Å²) in [4.78, 5) is 12.3. The first-order chi connectivity index (χ1) is 7.72. The molecular formula is C13H16N2OS. The number of hydrogen-bond donors (Lipinski definition) is 2. The van der Waals surface area contributed by atoms with Crippen molar-refractivity contribution in [1.82, 2.24) is 0 Å². The molecule has 17 heavy (non-hydrogen) atoms. The maximum Gasteiger partial charge on any atom is 0.251 e. The molecule has 0 bridgehead atoms. The lowest BCUT2D eigenvalue weighted by Crippen LogP contribution is -2.11. The van der Waals surface area contributed by atoms with Crippen LogP contribution < -0.4 is 11.1 Å². The van der Waals surface area contributed by atoms with Crippen molar-refractivity contribution >= 4 is 22.2 Å². The lowest BCUT2D eigenvalue weighted by atomic mass is 10.1. The van der Waals surface area contributed by atoms with Gasteiger partial charge >= 0.3 is 0 Å². The van der Waals surface area contributed by atoms with Crippen molar-refractivity contribution in [2.24, 2.45) is 5.73 Å². The number of carbonyl (C=O) groups is 1. The van der Waals surface area contributed by atoms with Crippen LogP contribution in [0.5, 0.6) is 0 Å². The largest absolute Gasteiger partial charge is 0.379 e. The van der Waals surface area contributed by atoms with Gasteiger partial charge in [0.05, 0.1) is 5.56 Å². The van der Waals surface area contributed by atoms with Crippen molar-refractivity contribution in [2.45, 2.75) is 7.43 Å². The van der Waals surface area contributed by atoms with Crippen molar-refractivity contribution in [3.05, 3.63) is 42.0 Å². The molecule has 4 heteroatoms. The summed E-state index contributed by atoms with van der Waals surface area (Å²) in [5.74, 6) is -0.400. The number of anilines is 1. The van der Waals surface area contributed by atoms with E-state index in [1.165, 1.54) is 11.3 Å². The minimum atomic E-state index is -0.400. The van der Waals surface area contributed by atoms with Gasteiger partial charge in [0.2, 0.25) is 0 Å². The highest BCUT2D eigenvalue weighted by Crippen LogP contribution is 2.34. The third kappa shape index (κ3) is 2.65. The van der Waals surface area contributed by atoms with Gasteiger partial charge in [-0.3, -0.25) is 4.79 Å². The summed E-state index contributed by atoms with van der Waals surface area (Å²) in [6, 6.07) is 11.8. The van der Waals surface area contributed by atoms with Crippen LogP contribution in [0.2, 0.25) is 0 Å². The fourth-order valence-corrected chi connectivity index (χ4v) is 2.53. The molecule has 3 nitrogen and oxygen atoms in total. The molecule has 0 fully saturated rings. The Hall–Kier alpha value is -1.81. The van der Waals surface area contributed by atoms with E-state index in [0.717, 1.165) is 15.4 Å². The lowest BCUT2D eigenvalue weighted by molar-refractivity contribution is 0.100. The lowest BCUT2D eigenvalue weighted by Gasteiger charge is -1.96. The highest BCUT2D eigenvalue weighted by molar-refractivity contribution is 7.19. The number of hydrogen-bond acceptors (Lipinski definition) is 3. The Morgan fingerprint density at radius 2 is 1.94 bits per heavy atom. The zero-order valence-electron chi connectivity index (χ0n) is 8.86. The van der Waals surface area contributed by atoms with Crippen LogP contribution >= 0.6 is 11.3 Å². The molecule has 1 aromatic carbocycles. The smallest absolute Gasteiger partial charge is 0.251 e. The molecule has 0 unspecified atom stereocenters. The molecule has 0 saturated carbocycles. The van der Waals surface area contributed by atoms with Crippen molar-refractivity contribution in [3.63, 3.8) is 0 Å². The van der Waals surface area contributed by atoms with E-state index in [2.05, 4.69) is 5.32 Å². The average Bonchev–Trinajstić information content (AvgIpc) is 2.74. The Morgan fingerprint density at radius 1 is 1.29 bits per heavy atom. The van der Waals surface area contributed by atoms with E-state index in [-0.39, 0.29) is 7.43 Å². The van der Waals surface area contributed by atoms with Gasteiger partial charge < -0.3 is 11.1 Å². The monoisotopic (exact) mass is 248 g/mol. The number of amides is 1. The van der Waals surface area contributed by atoms with Gasteiger partial charge in [-0.25, -0.2) is 0 Å². The van der Waals surface area contributed by atoms with E-state index in [9.17, 15) is 4.79 Å².